The SMILES string of the molecule is COC(=O)CC(=O)CSC(c1ccc(Cl)cc1)c1ccc(Cl)cc1. The zero-order valence-corrected chi connectivity index (χ0v) is 15.3. The van der Waals surface area contributed by atoms with Gasteiger partial charge in [0.1, 0.15) is 6.42 Å². The molecule has 2 rings (SSSR count). The second kappa shape index (κ2) is 9.11. The fourth-order valence-corrected chi connectivity index (χ4v) is 3.53. The highest BCUT2D eigenvalue weighted by Crippen LogP contribution is 2.36. The number of Topliss-reactive ketones (excluding diaryl/α,β-unsaturated/α-hetero) is 1. The molecule has 2 aromatic rings. The van der Waals surface area contributed by atoms with Crippen LogP contribution in [0.2, 0.25) is 10.0 Å². The van der Waals surface area contributed by atoms with Crippen LogP contribution in [0.15, 0.2) is 48.5 Å². The van der Waals surface area contributed by atoms with Gasteiger partial charge >= 0.3 is 5.97 Å². The third-order valence-corrected chi connectivity index (χ3v) is 5.20. The molecule has 0 heterocycles. The van der Waals surface area contributed by atoms with Gasteiger partial charge in [-0.3, -0.25) is 9.59 Å². The summed E-state index contributed by atoms with van der Waals surface area (Å²) in [7, 11) is 1.27. The highest BCUT2D eigenvalue weighted by atomic mass is 35.5. The Hall–Kier alpha value is -1.49. The minimum Gasteiger partial charge on any atom is -0.469 e. The van der Waals surface area contributed by atoms with Crippen LogP contribution in [-0.4, -0.2) is 24.6 Å². The lowest BCUT2D eigenvalue weighted by atomic mass is 10.0. The Balaban J connectivity index is 2.17. The van der Waals surface area contributed by atoms with Gasteiger partial charge in [0.15, 0.2) is 5.78 Å². The van der Waals surface area contributed by atoms with Crippen molar-refractivity contribution in [3.8, 4) is 0 Å². The van der Waals surface area contributed by atoms with E-state index in [0.29, 0.717) is 10.0 Å². The molecule has 2 aromatic carbocycles. The van der Waals surface area contributed by atoms with E-state index < -0.39 is 5.97 Å². The summed E-state index contributed by atoms with van der Waals surface area (Å²) in [6.07, 6.45) is -0.211. The van der Waals surface area contributed by atoms with Crippen LogP contribution in [0.3, 0.4) is 0 Å². The monoisotopic (exact) mass is 382 g/mol. The van der Waals surface area contributed by atoms with Crippen molar-refractivity contribution in [2.24, 2.45) is 0 Å². The van der Waals surface area contributed by atoms with Crippen molar-refractivity contribution in [2.75, 3.05) is 12.9 Å². The Morgan fingerprint density at radius 3 is 1.83 bits per heavy atom. The molecular formula is C18H16Cl2O3S. The first kappa shape index (κ1) is 18.8. The Morgan fingerprint density at radius 2 is 1.42 bits per heavy atom. The summed E-state index contributed by atoms with van der Waals surface area (Å²) in [4.78, 5) is 23.1. The summed E-state index contributed by atoms with van der Waals surface area (Å²) in [5.41, 5.74) is 2.05. The van der Waals surface area contributed by atoms with Crippen molar-refractivity contribution in [3.05, 3.63) is 69.7 Å². The predicted octanol–water partition coefficient (Wildman–Crippen LogP) is 4.95. The number of esters is 1. The first-order chi connectivity index (χ1) is 11.5. The number of hydrogen-bond acceptors (Lipinski definition) is 4. The molecule has 0 saturated heterocycles. The van der Waals surface area contributed by atoms with Gasteiger partial charge in [-0.2, -0.15) is 0 Å². The molecule has 0 aromatic heterocycles. The number of halogens is 2. The molecular weight excluding hydrogens is 367 g/mol. The molecule has 0 fully saturated rings. The lowest BCUT2D eigenvalue weighted by Crippen LogP contribution is -2.12. The fourth-order valence-electron chi connectivity index (χ4n) is 2.12. The maximum Gasteiger partial charge on any atom is 0.313 e. The van der Waals surface area contributed by atoms with Gasteiger partial charge < -0.3 is 4.74 Å². The molecule has 0 unspecified atom stereocenters. The second-order valence-corrected chi connectivity index (χ2v) is 7.05. The number of carbonyl (C=O) groups is 2. The van der Waals surface area contributed by atoms with E-state index in [9.17, 15) is 9.59 Å². The smallest absolute Gasteiger partial charge is 0.313 e. The summed E-state index contributed by atoms with van der Waals surface area (Å²) in [5.74, 6) is -0.472. The van der Waals surface area contributed by atoms with Crippen molar-refractivity contribution in [3.63, 3.8) is 0 Å². The first-order valence-corrected chi connectivity index (χ1v) is 9.01. The molecule has 0 bridgehead atoms. The molecule has 0 aliphatic rings. The van der Waals surface area contributed by atoms with Gasteiger partial charge in [0, 0.05) is 10.0 Å². The van der Waals surface area contributed by atoms with Crippen LogP contribution in [0.25, 0.3) is 0 Å². The van der Waals surface area contributed by atoms with Crippen LogP contribution in [0.5, 0.6) is 0 Å². The summed E-state index contributed by atoms with van der Waals surface area (Å²) >= 11 is 13.4. The topological polar surface area (TPSA) is 43.4 Å². The van der Waals surface area contributed by atoms with Crippen molar-refractivity contribution < 1.29 is 14.3 Å². The molecule has 0 radical (unpaired) electrons. The number of methoxy groups -OCH3 is 1. The number of thioether (sulfide) groups is 1. The summed E-state index contributed by atoms with van der Waals surface area (Å²) in [5, 5.41) is 1.25. The molecule has 24 heavy (non-hydrogen) atoms. The summed E-state index contributed by atoms with van der Waals surface area (Å²) in [6.45, 7) is 0. The van der Waals surface area contributed by atoms with Gasteiger partial charge in [-0.05, 0) is 35.4 Å². The Morgan fingerprint density at radius 1 is 0.958 bits per heavy atom. The number of ether oxygens (including phenoxy) is 1. The zero-order chi connectivity index (χ0) is 17.5. The Bertz CT molecular complexity index is 654. The van der Waals surface area contributed by atoms with Gasteiger partial charge in [-0.1, -0.05) is 47.5 Å². The largest absolute Gasteiger partial charge is 0.469 e. The molecule has 0 aliphatic carbocycles. The van der Waals surface area contributed by atoms with Crippen LogP contribution in [0.4, 0.5) is 0 Å². The predicted molar refractivity (Wildman–Crippen MR) is 98.8 cm³/mol. The Labute approximate surface area is 155 Å². The highest BCUT2D eigenvalue weighted by molar-refractivity contribution is 8.00. The standard InChI is InChI=1S/C18H16Cl2O3S/c1-23-17(22)10-16(21)11-24-18(12-2-6-14(19)7-3-12)13-4-8-15(20)9-5-13/h2-9,18H,10-11H2,1H3. The molecule has 0 atom stereocenters. The van der Waals surface area contributed by atoms with Crippen molar-refractivity contribution in [1.82, 2.24) is 0 Å². The zero-order valence-electron chi connectivity index (χ0n) is 13.0. The van der Waals surface area contributed by atoms with Crippen LogP contribution in [-0.2, 0) is 14.3 Å². The fraction of sp³-hybridized carbons (Fsp3) is 0.222. The molecule has 126 valence electrons. The van der Waals surface area contributed by atoms with Crippen LogP contribution in [0.1, 0.15) is 22.8 Å². The van der Waals surface area contributed by atoms with Gasteiger partial charge in [-0.25, -0.2) is 0 Å². The average Bonchev–Trinajstić information content (AvgIpc) is 2.58. The lowest BCUT2D eigenvalue weighted by Gasteiger charge is -2.17. The molecule has 0 aliphatic heterocycles. The number of rotatable bonds is 7. The molecule has 0 N–H and O–H groups in total. The molecule has 0 saturated carbocycles. The van der Waals surface area contributed by atoms with Gasteiger partial charge in [0.2, 0.25) is 0 Å². The van der Waals surface area contributed by atoms with E-state index in [-0.39, 0.29) is 23.2 Å². The van der Waals surface area contributed by atoms with Crippen molar-refractivity contribution in [1.29, 1.82) is 0 Å². The van der Waals surface area contributed by atoms with E-state index in [1.807, 2.05) is 48.5 Å². The summed E-state index contributed by atoms with van der Waals surface area (Å²) in [6, 6.07) is 15.0. The highest BCUT2D eigenvalue weighted by Gasteiger charge is 2.18. The van der Waals surface area contributed by atoms with Crippen molar-refractivity contribution in [2.45, 2.75) is 11.7 Å². The average molecular weight is 383 g/mol. The van der Waals surface area contributed by atoms with E-state index in [0.717, 1.165) is 11.1 Å². The van der Waals surface area contributed by atoms with Gasteiger partial charge in [0.25, 0.3) is 0 Å². The van der Waals surface area contributed by atoms with Crippen LogP contribution < -0.4 is 0 Å². The van der Waals surface area contributed by atoms with E-state index in [1.165, 1.54) is 18.9 Å². The Kier molecular flexibility index (Phi) is 7.16. The van der Waals surface area contributed by atoms with E-state index in [2.05, 4.69) is 4.74 Å². The van der Waals surface area contributed by atoms with Gasteiger partial charge in [0.05, 0.1) is 18.1 Å². The van der Waals surface area contributed by atoms with E-state index in [4.69, 9.17) is 23.2 Å². The van der Waals surface area contributed by atoms with Gasteiger partial charge in [-0.15, -0.1) is 11.8 Å². The first-order valence-electron chi connectivity index (χ1n) is 7.20. The van der Waals surface area contributed by atoms with Crippen molar-refractivity contribution >= 4 is 46.7 Å². The minimum atomic E-state index is -0.518. The lowest BCUT2D eigenvalue weighted by molar-refractivity contribution is -0.142. The quantitative estimate of drug-likeness (QED) is 0.501. The third-order valence-electron chi connectivity index (χ3n) is 3.33. The summed E-state index contributed by atoms with van der Waals surface area (Å²) < 4.78 is 4.52. The van der Waals surface area contributed by atoms with Crippen LogP contribution >= 0.6 is 35.0 Å². The maximum absolute atomic E-state index is 11.9. The number of carbonyl (C=O) groups excluding carboxylic acids is 2. The minimum absolute atomic E-state index is 0.0545. The molecule has 0 spiro atoms. The van der Waals surface area contributed by atoms with E-state index >= 15 is 0 Å². The normalized spacial score (nSPS) is 10.7. The number of benzene rings is 2. The molecule has 6 heteroatoms. The third kappa shape index (κ3) is 5.55. The number of hydrogen-bond donors (Lipinski definition) is 0. The molecule has 0 amide bonds. The number of ketones is 1. The second-order valence-electron chi connectivity index (χ2n) is 5.09. The van der Waals surface area contributed by atoms with Crippen LogP contribution in [0, 0.1) is 0 Å². The maximum atomic E-state index is 11.9. The van der Waals surface area contributed by atoms with E-state index in [1.54, 1.807) is 0 Å². The molecule has 3 nitrogen and oxygen atoms in total.